The van der Waals surface area contributed by atoms with Crippen LogP contribution in [0.25, 0.3) is 11.7 Å². The van der Waals surface area contributed by atoms with E-state index < -0.39 is 0 Å². The largest absolute Gasteiger partial charge is 0.497 e. The van der Waals surface area contributed by atoms with Gasteiger partial charge in [0, 0.05) is 19.3 Å². The van der Waals surface area contributed by atoms with Crippen LogP contribution in [0.1, 0.15) is 30.4 Å². The van der Waals surface area contributed by atoms with E-state index in [-0.39, 0.29) is 11.5 Å². The van der Waals surface area contributed by atoms with Crippen LogP contribution in [0.15, 0.2) is 58.4 Å². The van der Waals surface area contributed by atoms with E-state index in [0.717, 1.165) is 37.2 Å². The molecule has 4 heterocycles. The van der Waals surface area contributed by atoms with Crippen LogP contribution >= 0.6 is 24.0 Å². The predicted octanol–water partition coefficient (Wildman–Crippen LogP) is 4.09. The molecule has 2 aliphatic heterocycles. The van der Waals surface area contributed by atoms with Gasteiger partial charge in [0.1, 0.15) is 21.5 Å². The minimum absolute atomic E-state index is 0.188. The van der Waals surface area contributed by atoms with Crippen LogP contribution in [-0.4, -0.2) is 44.7 Å². The number of benzene rings is 1. The highest BCUT2D eigenvalue weighted by Gasteiger charge is 2.33. The molecule has 0 atom stereocenters. The lowest BCUT2D eigenvalue weighted by atomic mass is 10.1. The lowest BCUT2D eigenvalue weighted by molar-refractivity contribution is -0.122. The molecule has 0 unspecified atom stereocenters. The molecule has 0 aliphatic carbocycles. The standard InChI is InChI=1S/C25H24N4O3S2/c1-32-18-10-8-17(9-11-18)16-29-24(31)20(34-25(29)33)15-19-22(27-12-4-2-5-13-27)26-21-7-3-6-14-28(21)23(19)30/h3,6-11,14-15H,2,4-5,12-13,16H2,1H3/b20-15+. The van der Waals surface area contributed by atoms with Crippen molar-refractivity contribution < 1.29 is 9.53 Å². The van der Waals surface area contributed by atoms with E-state index in [1.54, 1.807) is 30.3 Å². The Bertz CT molecular complexity index is 1340. The Labute approximate surface area is 207 Å². The molecule has 2 fully saturated rings. The van der Waals surface area contributed by atoms with Crippen LogP contribution in [0, 0.1) is 0 Å². The molecule has 0 radical (unpaired) electrons. The van der Waals surface area contributed by atoms with Gasteiger partial charge in [0.2, 0.25) is 0 Å². The average Bonchev–Trinajstić information content (AvgIpc) is 3.14. The first-order chi connectivity index (χ1) is 16.5. The van der Waals surface area contributed by atoms with Crippen molar-refractivity contribution in [3.05, 3.63) is 75.0 Å². The molecule has 5 rings (SSSR count). The summed E-state index contributed by atoms with van der Waals surface area (Å²) >= 11 is 6.74. The van der Waals surface area contributed by atoms with Gasteiger partial charge in [-0.05, 0) is 55.2 Å². The Morgan fingerprint density at radius 3 is 2.59 bits per heavy atom. The van der Waals surface area contributed by atoms with Crippen molar-refractivity contribution in [2.75, 3.05) is 25.1 Å². The summed E-state index contributed by atoms with van der Waals surface area (Å²) in [5.41, 5.74) is 1.78. The second kappa shape index (κ2) is 9.60. The number of thiocarbonyl (C=S) groups is 1. The molecule has 0 saturated carbocycles. The molecule has 0 bridgehead atoms. The summed E-state index contributed by atoms with van der Waals surface area (Å²) in [4.78, 5) is 35.7. The Morgan fingerprint density at radius 2 is 1.85 bits per heavy atom. The molecule has 34 heavy (non-hydrogen) atoms. The second-order valence-electron chi connectivity index (χ2n) is 8.25. The Kier molecular flexibility index (Phi) is 6.38. The zero-order chi connectivity index (χ0) is 23.7. The predicted molar refractivity (Wildman–Crippen MR) is 139 cm³/mol. The van der Waals surface area contributed by atoms with Crippen molar-refractivity contribution >= 4 is 51.7 Å². The van der Waals surface area contributed by atoms with Crippen molar-refractivity contribution in [3.8, 4) is 5.75 Å². The number of anilines is 1. The van der Waals surface area contributed by atoms with E-state index in [2.05, 4.69) is 4.90 Å². The van der Waals surface area contributed by atoms with Crippen LogP contribution in [0.2, 0.25) is 0 Å². The minimum Gasteiger partial charge on any atom is -0.497 e. The van der Waals surface area contributed by atoms with Crippen molar-refractivity contribution in [2.24, 2.45) is 0 Å². The smallest absolute Gasteiger partial charge is 0.267 e. The van der Waals surface area contributed by atoms with E-state index >= 15 is 0 Å². The lowest BCUT2D eigenvalue weighted by Gasteiger charge is -2.29. The summed E-state index contributed by atoms with van der Waals surface area (Å²) in [6, 6.07) is 13.0. The fraction of sp³-hybridized carbons (Fsp3) is 0.280. The normalized spacial score (nSPS) is 17.7. The summed E-state index contributed by atoms with van der Waals surface area (Å²) in [5, 5.41) is 0. The quantitative estimate of drug-likeness (QED) is 0.393. The highest BCUT2D eigenvalue weighted by molar-refractivity contribution is 8.26. The van der Waals surface area contributed by atoms with Gasteiger partial charge in [-0.1, -0.05) is 42.2 Å². The summed E-state index contributed by atoms with van der Waals surface area (Å²) in [7, 11) is 1.62. The molecule has 174 valence electrons. The number of rotatable bonds is 5. The summed E-state index contributed by atoms with van der Waals surface area (Å²) < 4.78 is 7.20. The molecule has 3 aromatic rings. The summed E-state index contributed by atoms with van der Waals surface area (Å²) in [6.07, 6.45) is 6.66. The Morgan fingerprint density at radius 1 is 1.09 bits per heavy atom. The number of carbonyl (C=O) groups is 1. The molecule has 2 aromatic heterocycles. The van der Waals surface area contributed by atoms with Crippen molar-refractivity contribution in [1.82, 2.24) is 14.3 Å². The number of methoxy groups -OCH3 is 1. The number of ether oxygens (including phenoxy) is 1. The van der Waals surface area contributed by atoms with Gasteiger partial charge in [0.05, 0.1) is 24.1 Å². The molecular weight excluding hydrogens is 468 g/mol. The van der Waals surface area contributed by atoms with E-state index in [0.29, 0.717) is 32.8 Å². The van der Waals surface area contributed by atoms with Crippen molar-refractivity contribution in [3.63, 3.8) is 0 Å². The Balaban J connectivity index is 1.52. The first-order valence-corrected chi connectivity index (χ1v) is 12.4. The van der Waals surface area contributed by atoms with Gasteiger partial charge < -0.3 is 9.64 Å². The number of aromatic nitrogens is 2. The number of hydrogen-bond acceptors (Lipinski definition) is 7. The number of amides is 1. The molecule has 1 aromatic carbocycles. The van der Waals surface area contributed by atoms with Crippen LogP contribution in [0.3, 0.4) is 0 Å². The SMILES string of the molecule is COc1ccc(CN2C(=O)/C(=C\c3c(N4CCCCC4)nc4ccccn4c3=O)SC2=S)cc1. The molecule has 1 amide bonds. The fourth-order valence-corrected chi connectivity index (χ4v) is 5.48. The molecule has 2 aliphatic rings. The van der Waals surface area contributed by atoms with Crippen molar-refractivity contribution in [2.45, 2.75) is 25.8 Å². The van der Waals surface area contributed by atoms with Crippen LogP contribution in [0.4, 0.5) is 5.82 Å². The van der Waals surface area contributed by atoms with Crippen LogP contribution in [-0.2, 0) is 11.3 Å². The third kappa shape index (κ3) is 4.33. The molecule has 9 heteroatoms. The van der Waals surface area contributed by atoms with E-state index in [1.807, 2.05) is 36.4 Å². The van der Waals surface area contributed by atoms with Crippen LogP contribution in [0.5, 0.6) is 5.75 Å². The third-order valence-corrected chi connectivity index (χ3v) is 7.43. The highest BCUT2D eigenvalue weighted by atomic mass is 32.2. The first-order valence-electron chi connectivity index (χ1n) is 11.2. The number of hydrogen-bond donors (Lipinski definition) is 0. The first kappa shape index (κ1) is 22.6. The van der Waals surface area contributed by atoms with Crippen LogP contribution < -0.4 is 15.2 Å². The van der Waals surface area contributed by atoms with E-state index in [9.17, 15) is 9.59 Å². The van der Waals surface area contributed by atoms with Gasteiger partial charge in [0.25, 0.3) is 11.5 Å². The summed E-state index contributed by atoms with van der Waals surface area (Å²) in [6.45, 7) is 2.05. The van der Waals surface area contributed by atoms with Gasteiger partial charge >= 0.3 is 0 Å². The number of thioether (sulfide) groups is 1. The molecule has 0 N–H and O–H groups in total. The maximum Gasteiger partial charge on any atom is 0.267 e. The topological polar surface area (TPSA) is 67.2 Å². The van der Waals surface area contributed by atoms with Gasteiger partial charge in [-0.25, -0.2) is 4.98 Å². The summed E-state index contributed by atoms with van der Waals surface area (Å²) in [5.74, 6) is 1.19. The zero-order valence-electron chi connectivity index (χ0n) is 18.8. The van der Waals surface area contributed by atoms with E-state index in [4.69, 9.17) is 21.9 Å². The molecule has 7 nitrogen and oxygen atoms in total. The van der Waals surface area contributed by atoms with Gasteiger partial charge in [-0.2, -0.15) is 0 Å². The van der Waals surface area contributed by atoms with Crippen molar-refractivity contribution in [1.29, 1.82) is 0 Å². The number of nitrogens with zero attached hydrogens (tertiary/aromatic N) is 4. The molecular formula is C25H24N4O3S2. The number of piperidine rings is 1. The monoisotopic (exact) mass is 492 g/mol. The van der Waals surface area contributed by atoms with Gasteiger partial charge in [-0.3, -0.25) is 18.9 Å². The molecule has 2 saturated heterocycles. The lowest BCUT2D eigenvalue weighted by Crippen LogP contribution is -2.33. The fourth-order valence-electron chi connectivity index (χ4n) is 4.25. The highest BCUT2D eigenvalue weighted by Crippen LogP contribution is 2.35. The maximum atomic E-state index is 13.5. The number of fused-ring (bicyclic) bond motifs is 1. The third-order valence-electron chi connectivity index (χ3n) is 6.05. The molecule has 0 spiro atoms. The van der Waals surface area contributed by atoms with Gasteiger partial charge in [0.15, 0.2) is 0 Å². The zero-order valence-corrected chi connectivity index (χ0v) is 20.4. The number of pyridine rings is 1. The number of carbonyl (C=O) groups excluding carboxylic acids is 1. The second-order valence-corrected chi connectivity index (χ2v) is 9.92. The maximum absolute atomic E-state index is 13.5. The van der Waals surface area contributed by atoms with Gasteiger partial charge in [-0.15, -0.1) is 0 Å². The average molecular weight is 493 g/mol. The van der Waals surface area contributed by atoms with E-state index in [1.165, 1.54) is 22.6 Å². The Hall–Kier alpha value is -3.17. The minimum atomic E-state index is -0.201.